The highest BCUT2D eigenvalue weighted by atomic mass is 32.2. The number of thioether (sulfide) groups is 2. The average molecular weight is 357 g/mol. The minimum Gasteiger partial charge on any atom is -0.489 e. The van der Waals surface area contributed by atoms with E-state index in [1.807, 2.05) is 81.4 Å². The maximum absolute atomic E-state index is 12.7. The van der Waals surface area contributed by atoms with Crippen molar-refractivity contribution in [2.75, 3.05) is 0 Å². The molecule has 0 aromatic heterocycles. The molecule has 0 fully saturated rings. The van der Waals surface area contributed by atoms with Crippen LogP contribution in [0.2, 0.25) is 0 Å². The lowest BCUT2D eigenvalue weighted by Gasteiger charge is -2.35. The lowest BCUT2D eigenvalue weighted by atomic mass is 10.0. The first-order valence-corrected chi connectivity index (χ1v) is 9.56. The van der Waals surface area contributed by atoms with Crippen molar-refractivity contribution in [3.63, 3.8) is 0 Å². The number of hydrogen-bond donors (Lipinski definition) is 0. The van der Waals surface area contributed by atoms with Crippen LogP contribution in [0, 0.1) is 0 Å². The van der Waals surface area contributed by atoms with Gasteiger partial charge in [-0.05, 0) is 45.0 Å². The first kappa shape index (κ1) is 17.2. The number of hydrogen-bond acceptors (Lipinski definition) is 4. The minimum absolute atomic E-state index is 0.150. The molecule has 1 atom stereocenters. The van der Waals surface area contributed by atoms with Crippen molar-refractivity contribution in [2.24, 2.45) is 0 Å². The molecule has 3 rings (SSSR count). The Labute approximate surface area is 151 Å². The van der Waals surface area contributed by atoms with E-state index in [1.165, 1.54) is 11.8 Å². The summed E-state index contributed by atoms with van der Waals surface area (Å²) in [4.78, 5) is 15.5. The number of Topliss-reactive ketones (excluding diaryl/α,β-unsaturated/α-hetero) is 1. The Balaban J connectivity index is 1.86. The number of rotatable bonds is 5. The highest BCUT2D eigenvalue weighted by molar-refractivity contribution is 8.05. The lowest BCUT2D eigenvalue weighted by Crippen LogP contribution is -2.37. The van der Waals surface area contributed by atoms with Crippen LogP contribution in [-0.2, 0) is 9.53 Å². The number of ketones is 1. The van der Waals surface area contributed by atoms with Crippen LogP contribution in [-0.4, -0.2) is 16.6 Å². The monoisotopic (exact) mass is 356 g/mol. The first-order valence-electron chi connectivity index (χ1n) is 7.86. The smallest absolute Gasteiger partial charge is 0.193 e. The zero-order chi connectivity index (χ0) is 17.2. The third-order valence-electron chi connectivity index (χ3n) is 3.30. The van der Waals surface area contributed by atoms with Crippen LogP contribution in [0.3, 0.4) is 0 Å². The molecule has 1 aliphatic carbocycles. The molecule has 0 amide bonds. The molecule has 0 bridgehead atoms. The van der Waals surface area contributed by atoms with Crippen LogP contribution in [0.4, 0.5) is 0 Å². The van der Waals surface area contributed by atoms with Crippen molar-refractivity contribution in [1.82, 2.24) is 0 Å². The Morgan fingerprint density at radius 3 is 1.96 bits per heavy atom. The van der Waals surface area contributed by atoms with Gasteiger partial charge in [-0.1, -0.05) is 48.2 Å². The summed E-state index contributed by atoms with van der Waals surface area (Å²) in [6, 6.07) is 19.9. The third kappa shape index (κ3) is 4.05. The topological polar surface area (TPSA) is 26.3 Å². The van der Waals surface area contributed by atoms with Gasteiger partial charge < -0.3 is 4.74 Å². The Morgan fingerprint density at radius 2 is 1.42 bits per heavy atom. The summed E-state index contributed by atoms with van der Waals surface area (Å²) in [5.41, 5.74) is -0.325. The van der Waals surface area contributed by atoms with E-state index in [1.54, 1.807) is 11.8 Å². The second-order valence-electron chi connectivity index (χ2n) is 6.50. The Kier molecular flexibility index (Phi) is 5.07. The standard InChI is InChI=1S/C20H20O2S2/c1-20(2,3)22-17-18(23-14-10-6-4-7-11-14)16(21)19(17)24-15-12-8-5-9-13-15/h4-13,18H,1-3H3. The molecule has 2 aromatic rings. The summed E-state index contributed by atoms with van der Waals surface area (Å²) in [5, 5.41) is -0.252. The van der Waals surface area contributed by atoms with Gasteiger partial charge in [0.1, 0.15) is 16.6 Å². The highest BCUT2D eigenvalue weighted by Crippen LogP contribution is 2.47. The molecular formula is C20H20O2S2. The van der Waals surface area contributed by atoms with E-state index < -0.39 is 0 Å². The highest BCUT2D eigenvalue weighted by Gasteiger charge is 2.43. The second kappa shape index (κ2) is 7.08. The molecule has 24 heavy (non-hydrogen) atoms. The number of allylic oxidation sites excluding steroid dienone is 1. The Bertz CT molecular complexity index is 746. The second-order valence-corrected chi connectivity index (χ2v) is 8.76. The maximum Gasteiger partial charge on any atom is 0.193 e. The van der Waals surface area contributed by atoms with Gasteiger partial charge in [0.2, 0.25) is 0 Å². The van der Waals surface area contributed by atoms with Crippen molar-refractivity contribution >= 4 is 29.3 Å². The van der Waals surface area contributed by atoms with Crippen LogP contribution in [0.25, 0.3) is 0 Å². The van der Waals surface area contributed by atoms with Gasteiger partial charge in [0.05, 0.1) is 4.91 Å². The molecule has 1 unspecified atom stereocenters. The first-order chi connectivity index (χ1) is 11.4. The quantitative estimate of drug-likeness (QED) is 0.702. The molecule has 4 heteroatoms. The normalized spacial score (nSPS) is 17.6. The van der Waals surface area contributed by atoms with Crippen LogP contribution in [0.1, 0.15) is 20.8 Å². The number of ether oxygens (including phenoxy) is 1. The fraction of sp³-hybridized carbons (Fsp3) is 0.250. The summed E-state index contributed by atoms with van der Waals surface area (Å²) in [5.74, 6) is 0.951. The van der Waals surface area contributed by atoms with Crippen LogP contribution in [0.5, 0.6) is 0 Å². The number of carbonyl (C=O) groups is 1. The fourth-order valence-corrected chi connectivity index (χ4v) is 4.52. The lowest BCUT2D eigenvalue weighted by molar-refractivity contribution is -0.117. The van der Waals surface area contributed by atoms with Crippen molar-refractivity contribution in [3.8, 4) is 0 Å². The number of benzene rings is 2. The molecule has 0 N–H and O–H groups in total. The minimum atomic E-state index is -0.325. The van der Waals surface area contributed by atoms with Crippen LogP contribution in [0.15, 0.2) is 81.1 Å². The van der Waals surface area contributed by atoms with E-state index in [0.717, 1.165) is 20.5 Å². The zero-order valence-electron chi connectivity index (χ0n) is 14.0. The number of carbonyl (C=O) groups excluding carboxylic acids is 1. The van der Waals surface area contributed by atoms with E-state index in [-0.39, 0.29) is 16.6 Å². The zero-order valence-corrected chi connectivity index (χ0v) is 15.6. The average Bonchev–Trinajstić information content (AvgIpc) is 2.57. The van der Waals surface area contributed by atoms with E-state index >= 15 is 0 Å². The van der Waals surface area contributed by atoms with Gasteiger partial charge in [0.15, 0.2) is 5.78 Å². The molecule has 1 aliphatic rings. The van der Waals surface area contributed by atoms with Gasteiger partial charge in [-0.2, -0.15) is 0 Å². The van der Waals surface area contributed by atoms with Gasteiger partial charge in [-0.25, -0.2) is 0 Å². The summed E-state index contributed by atoms with van der Waals surface area (Å²) in [6.07, 6.45) is 0. The van der Waals surface area contributed by atoms with Crippen LogP contribution < -0.4 is 0 Å². The summed E-state index contributed by atoms with van der Waals surface area (Å²) < 4.78 is 6.13. The molecule has 0 saturated carbocycles. The molecule has 2 nitrogen and oxygen atoms in total. The predicted molar refractivity (Wildman–Crippen MR) is 101 cm³/mol. The van der Waals surface area contributed by atoms with Crippen molar-refractivity contribution in [1.29, 1.82) is 0 Å². The van der Waals surface area contributed by atoms with Gasteiger partial charge in [-0.15, -0.1) is 11.8 Å². The van der Waals surface area contributed by atoms with E-state index in [0.29, 0.717) is 0 Å². The van der Waals surface area contributed by atoms with Crippen molar-refractivity contribution in [3.05, 3.63) is 71.3 Å². The molecule has 2 aromatic carbocycles. The van der Waals surface area contributed by atoms with E-state index in [9.17, 15) is 4.79 Å². The molecule has 0 aliphatic heterocycles. The molecule has 0 heterocycles. The van der Waals surface area contributed by atoms with Gasteiger partial charge in [0.25, 0.3) is 0 Å². The van der Waals surface area contributed by atoms with Crippen molar-refractivity contribution in [2.45, 2.75) is 41.4 Å². The SMILES string of the molecule is CC(C)(C)OC1=C(Sc2ccccc2)C(=O)C1Sc1ccccc1. The van der Waals surface area contributed by atoms with Gasteiger partial charge >= 0.3 is 0 Å². The molecule has 0 spiro atoms. The van der Waals surface area contributed by atoms with Gasteiger partial charge in [0, 0.05) is 9.79 Å². The molecule has 124 valence electrons. The largest absolute Gasteiger partial charge is 0.489 e. The van der Waals surface area contributed by atoms with Gasteiger partial charge in [-0.3, -0.25) is 4.79 Å². The van der Waals surface area contributed by atoms with Crippen molar-refractivity contribution < 1.29 is 9.53 Å². The molecular weight excluding hydrogens is 336 g/mol. The van der Waals surface area contributed by atoms with E-state index in [4.69, 9.17) is 4.74 Å². The summed E-state index contributed by atoms with van der Waals surface area (Å²) >= 11 is 3.05. The fourth-order valence-electron chi connectivity index (χ4n) is 2.28. The predicted octanol–water partition coefficient (Wildman–Crippen LogP) is 5.55. The molecule has 0 saturated heterocycles. The Morgan fingerprint density at radius 1 is 0.875 bits per heavy atom. The molecule has 0 radical (unpaired) electrons. The maximum atomic E-state index is 12.7. The third-order valence-corrected chi connectivity index (χ3v) is 5.62. The van der Waals surface area contributed by atoms with E-state index in [2.05, 4.69) is 0 Å². The summed E-state index contributed by atoms with van der Waals surface area (Å²) in [6.45, 7) is 6.04. The van der Waals surface area contributed by atoms with Crippen LogP contribution >= 0.6 is 23.5 Å². The Hall–Kier alpha value is -1.65. The summed E-state index contributed by atoms with van der Waals surface area (Å²) in [7, 11) is 0.